The molecule has 0 saturated heterocycles. The van der Waals surface area contributed by atoms with Crippen LogP contribution in [0.1, 0.15) is 56.0 Å². The number of rotatable bonds is 6. The van der Waals surface area contributed by atoms with E-state index in [4.69, 9.17) is 10.00 Å². The Labute approximate surface area is 148 Å². The molecule has 25 heavy (non-hydrogen) atoms. The van der Waals surface area contributed by atoms with Gasteiger partial charge in [-0.25, -0.2) is 0 Å². The average Bonchev–Trinajstić information content (AvgIpc) is 2.53. The number of ether oxygens (including phenoxy) is 1. The summed E-state index contributed by atoms with van der Waals surface area (Å²) in [6.45, 7) is 10.4. The number of aromatic nitrogens is 1. The smallest absolute Gasteiger partial charge is 0.266 e. The van der Waals surface area contributed by atoms with E-state index in [9.17, 15) is 9.59 Å². The van der Waals surface area contributed by atoms with Crippen molar-refractivity contribution in [2.75, 3.05) is 6.61 Å². The largest absolute Gasteiger partial charge is 0.378 e. The number of aromatic amines is 1. The first-order valence-corrected chi connectivity index (χ1v) is 8.75. The Hall–Kier alpha value is -2.13. The number of hydrogen-bond acceptors (Lipinski definition) is 4. The summed E-state index contributed by atoms with van der Waals surface area (Å²) in [6, 6.07) is 2.05. The lowest BCUT2D eigenvalue weighted by Crippen LogP contribution is -2.62. The van der Waals surface area contributed by atoms with Crippen molar-refractivity contribution in [1.82, 2.24) is 10.3 Å². The molecule has 2 unspecified atom stereocenters. The highest BCUT2D eigenvalue weighted by atomic mass is 16.5. The number of pyridine rings is 1. The number of carbonyl (C=O) groups is 1. The van der Waals surface area contributed by atoms with Gasteiger partial charge in [0.05, 0.1) is 6.10 Å². The third-order valence-corrected chi connectivity index (χ3v) is 5.40. The second-order valence-electron chi connectivity index (χ2n) is 7.29. The second kappa shape index (κ2) is 7.40. The van der Waals surface area contributed by atoms with Crippen LogP contribution < -0.4 is 10.9 Å². The van der Waals surface area contributed by atoms with E-state index in [-0.39, 0.29) is 34.6 Å². The van der Waals surface area contributed by atoms with E-state index >= 15 is 0 Å². The van der Waals surface area contributed by atoms with Crippen LogP contribution in [-0.4, -0.2) is 29.6 Å². The topological polar surface area (TPSA) is 95.0 Å². The van der Waals surface area contributed by atoms with Crippen LogP contribution in [-0.2, 0) is 16.0 Å². The van der Waals surface area contributed by atoms with Gasteiger partial charge in [0, 0.05) is 30.2 Å². The van der Waals surface area contributed by atoms with Gasteiger partial charge >= 0.3 is 0 Å². The molecular weight excluding hydrogens is 318 g/mol. The van der Waals surface area contributed by atoms with Gasteiger partial charge in [0.1, 0.15) is 11.6 Å². The monoisotopic (exact) mass is 345 g/mol. The Balaban J connectivity index is 1.98. The lowest BCUT2D eigenvalue weighted by Gasteiger charge is -2.51. The van der Waals surface area contributed by atoms with E-state index < -0.39 is 0 Å². The highest BCUT2D eigenvalue weighted by Gasteiger charge is 2.49. The van der Waals surface area contributed by atoms with E-state index in [1.165, 1.54) is 0 Å². The summed E-state index contributed by atoms with van der Waals surface area (Å²) < 4.78 is 5.69. The quantitative estimate of drug-likeness (QED) is 0.825. The van der Waals surface area contributed by atoms with Crippen LogP contribution in [0.3, 0.4) is 0 Å². The lowest BCUT2D eigenvalue weighted by molar-refractivity contribution is -0.136. The molecule has 1 aromatic heterocycles. The van der Waals surface area contributed by atoms with E-state index in [1.54, 1.807) is 13.8 Å². The molecule has 6 heteroatoms. The third-order valence-electron chi connectivity index (χ3n) is 5.40. The van der Waals surface area contributed by atoms with Crippen molar-refractivity contribution in [1.29, 1.82) is 5.26 Å². The highest BCUT2D eigenvalue weighted by molar-refractivity contribution is 5.77. The number of amides is 1. The Morgan fingerprint density at radius 3 is 2.68 bits per heavy atom. The van der Waals surface area contributed by atoms with Gasteiger partial charge in [0.15, 0.2) is 0 Å². The van der Waals surface area contributed by atoms with Crippen LogP contribution in [0, 0.1) is 30.6 Å². The van der Waals surface area contributed by atoms with E-state index in [0.717, 1.165) is 17.7 Å². The zero-order valence-electron chi connectivity index (χ0n) is 15.7. The number of nitriles is 1. The average molecular weight is 345 g/mol. The van der Waals surface area contributed by atoms with Crippen molar-refractivity contribution in [3.05, 3.63) is 32.7 Å². The maximum atomic E-state index is 12.3. The molecule has 0 radical (unpaired) electrons. The summed E-state index contributed by atoms with van der Waals surface area (Å²) in [5.41, 5.74) is 1.94. The van der Waals surface area contributed by atoms with Crippen molar-refractivity contribution in [3.63, 3.8) is 0 Å². The van der Waals surface area contributed by atoms with Gasteiger partial charge in [0.25, 0.3) is 5.56 Å². The Kier molecular flexibility index (Phi) is 5.69. The van der Waals surface area contributed by atoms with Crippen LogP contribution in [0.25, 0.3) is 0 Å². The summed E-state index contributed by atoms with van der Waals surface area (Å²) in [5, 5.41) is 12.2. The predicted octanol–water partition coefficient (Wildman–Crippen LogP) is 2.12. The van der Waals surface area contributed by atoms with Gasteiger partial charge < -0.3 is 15.0 Å². The minimum Gasteiger partial charge on any atom is -0.378 e. The van der Waals surface area contributed by atoms with E-state index in [1.807, 2.05) is 13.0 Å². The summed E-state index contributed by atoms with van der Waals surface area (Å²) in [7, 11) is 0. The Morgan fingerprint density at radius 1 is 1.44 bits per heavy atom. The Bertz CT molecular complexity index is 758. The molecule has 1 aliphatic rings. The van der Waals surface area contributed by atoms with Gasteiger partial charge in [-0.3, -0.25) is 9.59 Å². The molecule has 1 aromatic rings. The molecule has 1 heterocycles. The van der Waals surface area contributed by atoms with Crippen molar-refractivity contribution in [2.24, 2.45) is 5.41 Å². The molecule has 2 atom stereocenters. The molecule has 1 saturated carbocycles. The van der Waals surface area contributed by atoms with E-state index in [2.05, 4.69) is 24.1 Å². The number of carbonyl (C=O) groups excluding carboxylic acids is 1. The minimum atomic E-state index is -0.371. The normalized spacial score (nSPS) is 21.3. The summed E-state index contributed by atoms with van der Waals surface area (Å²) >= 11 is 0. The molecule has 1 amide bonds. The molecule has 136 valence electrons. The van der Waals surface area contributed by atoms with Crippen LogP contribution in [0.5, 0.6) is 0 Å². The molecular formula is C19H27N3O3. The first-order valence-electron chi connectivity index (χ1n) is 8.75. The summed E-state index contributed by atoms with van der Waals surface area (Å²) in [5.74, 6) is -0.0171. The van der Waals surface area contributed by atoms with Crippen LogP contribution in [0.2, 0.25) is 0 Å². The third kappa shape index (κ3) is 3.77. The van der Waals surface area contributed by atoms with Crippen molar-refractivity contribution in [2.45, 2.75) is 66.0 Å². The second-order valence-corrected chi connectivity index (χ2v) is 7.29. The maximum absolute atomic E-state index is 12.3. The van der Waals surface area contributed by atoms with Gasteiger partial charge in [-0.05, 0) is 44.7 Å². The zero-order chi connectivity index (χ0) is 18.8. The van der Waals surface area contributed by atoms with Crippen molar-refractivity contribution >= 4 is 5.91 Å². The summed E-state index contributed by atoms with van der Waals surface area (Å²) in [4.78, 5) is 26.8. The van der Waals surface area contributed by atoms with Crippen LogP contribution in [0.15, 0.2) is 4.79 Å². The molecule has 0 aliphatic heterocycles. The number of aryl methyl sites for hydroxylation is 1. The Morgan fingerprint density at radius 2 is 2.12 bits per heavy atom. The number of H-pyrrole nitrogens is 1. The van der Waals surface area contributed by atoms with Crippen molar-refractivity contribution in [3.8, 4) is 6.07 Å². The molecule has 2 rings (SSSR count). The standard InChI is InChI=1S/C19H27N3O3/c1-6-25-16-9-15(19(16,4)5)22-17(23)8-7-13-11(2)14(10-20)18(24)21-12(13)3/h15-16H,6-9H2,1-5H3,(H,21,24)(H,22,23). The number of nitrogens with zero attached hydrogens (tertiary/aromatic N) is 1. The van der Waals surface area contributed by atoms with Gasteiger partial charge in [-0.1, -0.05) is 13.8 Å². The van der Waals surface area contributed by atoms with Crippen LogP contribution >= 0.6 is 0 Å². The number of nitrogens with one attached hydrogen (secondary N) is 2. The molecule has 0 aromatic carbocycles. The lowest BCUT2D eigenvalue weighted by atomic mass is 9.64. The molecule has 2 N–H and O–H groups in total. The zero-order valence-corrected chi connectivity index (χ0v) is 15.7. The van der Waals surface area contributed by atoms with Gasteiger partial charge in [-0.15, -0.1) is 0 Å². The fraction of sp³-hybridized carbons (Fsp3) is 0.632. The highest BCUT2D eigenvalue weighted by Crippen LogP contribution is 2.42. The first-order chi connectivity index (χ1) is 11.7. The molecule has 0 bridgehead atoms. The van der Waals surface area contributed by atoms with Gasteiger partial charge in [-0.2, -0.15) is 5.26 Å². The first kappa shape index (κ1) is 19.2. The number of hydrogen-bond donors (Lipinski definition) is 2. The molecule has 0 spiro atoms. The van der Waals surface area contributed by atoms with E-state index in [0.29, 0.717) is 25.0 Å². The summed E-state index contributed by atoms with van der Waals surface area (Å²) in [6.07, 6.45) is 1.84. The molecule has 1 fully saturated rings. The van der Waals surface area contributed by atoms with Gasteiger partial charge in [0.2, 0.25) is 5.91 Å². The molecule has 1 aliphatic carbocycles. The minimum absolute atomic E-state index is 0.0171. The molecule has 6 nitrogen and oxygen atoms in total. The fourth-order valence-electron chi connectivity index (χ4n) is 3.54. The fourth-order valence-corrected chi connectivity index (χ4v) is 3.54. The van der Waals surface area contributed by atoms with Crippen molar-refractivity contribution < 1.29 is 9.53 Å². The predicted molar refractivity (Wildman–Crippen MR) is 95.3 cm³/mol. The SMILES string of the molecule is CCOC1CC(NC(=O)CCc2c(C)[nH]c(=O)c(C#N)c2C)C1(C)C. The maximum Gasteiger partial charge on any atom is 0.266 e. The van der Waals surface area contributed by atoms with Crippen LogP contribution in [0.4, 0.5) is 0 Å².